The second-order valence-electron chi connectivity index (χ2n) is 5.52. The number of aryl methyl sites for hydroxylation is 1. The highest BCUT2D eigenvalue weighted by atomic mass is 15.1. The van der Waals surface area contributed by atoms with Crippen molar-refractivity contribution in [3.63, 3.8) is 0 Å². The van der Waals surface area contributed by atoms with Crippen LogP contribution in [0.15, 0.2) is 24.3 Å². The van der Waals surface area contributed by atoms with E-state index in [4.69, 9.17) is 0 Å². The quantitative estimate of drug-likeness (QED) is 0.798. The summed E-state index contributed by atoms with van der Waals surface area (Å²) < 4.78 is 0. The monoisotopic (exact) mass is 248 g/mol. The fraction of sp³-hybridized carbons (Fsp3) is 0.625. The largest absolute Gasteiger partial charge is 0.315 e. The van der Waals surface area contributed by atoms with E-state index in [-0.39, 0.29) is 0 Å². The van der Waals surface area contributed by atoms with Crippen molar-refractivity contribution in [2.45, 2.75) is 40.3 Å². The van der Waals surface area contributed by atoms with Crippen molar-refractivity contribution in [2.24, 2.45) is 5.92 Å². The van der Waals surface area contributed by atoms with Crippen molar-refractivity contribution in [3.05, 3.63) is 35.4 Å². The molecule has 1 rings (SSSR count). The standard InChI is InChI=1S/C16H28N2/c1-6-17-11-16(13(2)3)18(5)12-15-9-7-14(4)8-10-15/h7-10,13,16-17H,6,11-12H2,1-5H3. The predicted octanol–water partition coefficient (Wildman–Crippen LogP) is 3.06. The van der Waals surface area contributed by atoms with Gasteiger partial charge in [-0.3, -0.25) is 4.90 Å². The molecule has 0 radical (unpaired) electrons. The molecule has 0 bridgehead atoms. The average Bonchev–Trinajstić information content (AvgIpc) is 2.32. The van der Waals surface area contributed by atoms with E-state index in [1.165, 1.54) is 11.1 Å². The summed E-state index contributed by atoms with van der Waals surface area (Å²) in [6.45, 7) is 12.0. The first-order valence-corrected chi connectivity index (χ1v) is 7.01. The van der Waals surface area contributed by atoms with Gasteiger partial charge in [-0.1, -0.05) is 50.6 Å². The van der Waals surface area contributed by atoms with Crippen molar-refractivity contribution < 1.29 is 0 Å². The van der Waals surface area contributed by atoms with Crippen LogP contribution < -0.4 is 5.32 Å². The molecule has 2 nitrogen and oxygen atoms in total. The third-order valence-corrected chi connectivity index (χ3v) is 3.49. The van der Waals surface area contributed by atoms with Crippen molar-refractivity contribution in [1.82, 2.24) is 10.2 Å². The van der Waals surface area contributed by atoms with Gasteiger partial charge < -0.3 is 5.32 Å². The first kappa shape index (κ1) is 15.2. The summed E-state index contributed by atoms with van der Waals surface area (Å²) in [6, 6.07) is 9.44. The fourth-order valence-electron chi connectivity index (χ4n) is 2.29. The highest BCUT2D eigenvalue weighted by molar-refractivity contribution is 5.21. The summed E-state index contributed by atoms with van der Waals surface area (Å²) in [6.07, 6.45) is 0. The number of hydrogen-bond acceptors (Lipinski definition) is 2. The van der Waals surface area contributed by atoms with E-state index >= 15 is 0 Å². The van der Waals surface area contributed by atoms with Gasteiger partial charge in [-0.25, -0.2) is 0 Å². The second kappa shape index (κ2) is 7.55. The van der Waals surface area contributed by atoms with Gasteiger partial charge in [-0.2, -0.15) is 0 Å². The Morgan fingerprint density at radius 1 is 1.17 bits per heavy atom. The summed E-state index contributed by atoms with van der Waals surface area (Å²) in [5.41, 5.74) is 2.72. The number of nitrogens with zero attached hydrogens (tertiary/aromatic N) is 1. The smallest absolute Gasteiger partial charge is 0.0244 e. The van der Waals surface area contributed by atoms with E-state index in [0.717, 1.165) is 19.6 Å². The van der Waals surface area contributed by atoms with Crippen LogP contribution in [0.1, 0.15) is 31.9 Å². The maximum atomic E-state index is 3.46. The van der Waals surface area contributed by atoms with E-state index < -0.39 is 0 Å². The van der Waals surface area contributed by atoms with Gasteiger partial charge in [0.05, 0.1) is 0 Å². The van der Waals surface area contributed by atoms with Crippen LogP contribution in [0, 0.1) is 12.8 Å². The zero-order chi connectivity index (χ0) is 13.5. The van der Waals surface area contributed by atoms with Gasteiger partial charge in [0.25, 0.3) is 0 Å². The Bertz CT molecular complexity index is 329. The molecule has 0 heterocycles. The van der Waals surface area contributed by atoms with Crippen LogP contribution in [0.4, 0.5) is 0 Å². The molecule has 0 aromatic heterocycles. The molecule has 1 aromatic carbocycles. The van der Waals surface area contributed by atoms with Crippen molar-refractivity contribution in [3.8, 4) is 0 Å². The predicted molar refractivity (Wildman–Crippen MR) is 79.8 cm³/mol. The third-order valence-electron chi connectivity index (χ3n) is 3.49. The first-order chi connectivity index (χ1) is 8.54. The topological polar surface area (TPSA) is 15.3 Å². The SMILES string of the molecule is CCNCC(C(C)C)N(C)Cc1ccc(C)cc1. The lowest BCUT2D eigenvalue weighted by Gasteiger charge is -2.31. The van der Waals surface area contributed by atoms with Gasteiger partial charge >= 0.3 is 0 Å². The van der Waals surface area contributed by atoms with Gasteiger partial charge in [0.15, 0.2) is 0 Å². The maximum absolute atomic E-state index is 3.46. The molecule has 0 aliphatic heterocycles. The van der Waals surface area contributed by atoms with E-state index in [2.05, 4.69) is 69.2 Å². The van der Waals surface area contributed by atoms with E-state index in [1.807, 2.05) is 0 Å². The van der Waals surface area contributed by atoms with Crippen LogP contribution in [-0.4, -0.2) is 31.1 Å². The summed E-state index contributed by atoms with van der Waals surface area (Å²) >= 11 is 0. The number of benzene rings is 1. The van der Waals surface area contributed by atoms with Crippen molar-refractivity contribution in [1.29, 1.82) is 0 Å². The molecule has 0 spiro atoms. The highest BCUT2D eigenvalue weighted by Gasteiger charge is 2.17. The molecule has 0 aliphatic carbocycles. The Morgan fingerprint density at radius 2 is 1.78 bits per heavy atom. The molecule has 2 heteroatoms. The van der Waals surface area contributed by atoms with Gasteiger partial charge in [0.2, 0.25) is 0 Å². The van der Waals surface area contributed by atoms with Crippen LogP contribution in [0.5, 0.6) is 0 Å². The molecule has 1 unspecified atom stereocenters. The minimum absolute atomic E-state index is 0.589. The summed E-state index contributed by atoms with van der Waals surface area (Å²) in [4.78, 5) is 2.46. The Labute approximate surface area is 112 Å². The molecule has 1 aromatic rings. The molecule has 102 valence electrons. The zero-order valence-corrected chi connectivity index (χ0v) is 12.5. The van der Waals surface area contributed by atoms with Crippen molar-refractivity contribution in [2.75, 3.05) is 20.1 Å². The van der Waals surface area contributed by atoms with E-state index in [1.54, 1.807) is 0 Å². The minimum atomic E-state index is 0.589. The molecule has 0 aliphatic rings. The van der Waals surface area contributed by atoms with Gasteiger partial charge in [0.1, 0.15) is 0 Å². The second-order valence-corrected chi connectivity index (χ2v) is 5.52. The van der Waals surface area contributed by atoms with Gasteiger partial charge in [0, 0.05) is 19.1 Å². The average molecular weight is 248 g/mol. The Balaban J connectivity index is 2.60. The number of likely N-dealkylation sites (N-methyl/N-ethyl adjacent to an activating group) is 2. The Hall–Kier alpha value is -0.860. The first-order valence-electron chi connectivity index (χ1n) is 7.01. The van der Waals surface area contributed by atoms with Crippen LogP contribution in [0.2, 0.25) is 0 Å². The molecule has 0 fully saturated rings. The van der Waals surface area contributed by atoms with Gasteiger partial charge in [-0.15, -0.1) is 0 Å². The maximum Gasteiger partial charge on any atom is 0.0244 e. The third kappa shape index (κ3) is 4.79. The molecule has 18 heavy (non-hydrogen) atoms. The van der Waals surface area contributed by atoms with Crippen molar-refractivity contribution >= 4 is 0 Å². The highest BCUT2D eigenvalue weighted by Crippen LogP contribution is 2.13. The lowest BCUT2D eigenvalue weighted by Crippen LogP contribution is -2.43. The molecule has 0 saturated heterocycles. The number of rotatable bonds is 7. The van der Waals surface area contributed by atoms with Gasteiger partial charge in [-0.05, 0) is 32.0 Å². The lowest BCUT2D eigenvalue weighted by atomic mass is 10.0. The number of hydrogen-bond donors (Lipinski definition) is 1. The normalized spacial score (nSPS) is 13.3. The van der Waals surface area contributed by atoms with Crippen LogP contribution in [0.25, 0.3) is 0 Å². The fourth-order valence-corrected chi connectivity index (χ4v) is 2.29. The molecule has 1 N–H and O–H groups in total. The molecular weight excluding hydrogens is 220 g/mol. The van der Waals surface area contributed by atoms with Crippen LogP contribution >= 0.6 is 0 Å². The molecular formula is C16H28N2. The van der Waals surface area contributed by atoms with E-state index in [0.29, 0.717) is 12.0 Å². The lowest BCUT2D eigenvalue weighted by molar-refractivity contribution is 0.180. The minimum Gasteiger partial charge on any atom is -0.315 e. The number of nitrogens with one attached hydrogen (secondary N) is 1. The van der Waals surface area contributed by atoms with Crippen LogP contribution in [-0.2, 0) is 6.54 Å². The summed E-state index contributed by atoms with van der Waals surface area (Å²) in [5.74, 6) is 0.666. The molecule has 0 saturated carbocycles. The summed E-state index contributed by atoms with van der Waals surface area (Å²) in [7, 11) is 2.22. The van der Waals surface area contributed by atoms with Crippen LogP contribution in [0.3, 0.4) is 0 Å². The molecule has 1 atom stereocenters. The Morgan fingerprint density at radius 3 is 2.28 bits per heavy atom. The molecule has 0 amide bonds. The summed E-state index contributed by atoms with van der Waals surface area (Å²) in [5, 5.41) is 3.46. The Kier molecular flexibility index (Phi) is 6.37. The van der Waals surface area contributed by atoms with E-state index in [9.17, 15) is 0 Å². The zero-order valence-electron chi connectivity index (χ0n) is 12.5.